The summed E-state index contributed by atoms with van der Waals surface area (Å²) in [5.41, 5.74) is 4.38. The fraction of sp³-hybridized carbons (Fsp3) is 0.607. The molecule has 1 heterocycles. The van der Waals surface area contributed by atoms with Gasteiger partial charge in [0, 0.05) is 51.9 Å². The summed E-state index contributed by atoms with van der Waals surface area (Å²) >= 11 is 6.43. The SMILES string of the molecule is CCC1C(=O)C(CNC(=O)c2cc(Cl)cc(NC(C)[C@H]3CC[C@H](N(C)C)CC3)c2C)=C(C)N=C1C. The standard InChI is InChI=1S/C28H41ClN4O2/c1-8-23-18(4)31-19(5)25(27(23)34)15-30-28(35)24-13-21(29)14-26(16(24)2)32-17(3)20-9-11-22(12-10-20)33(6)7/h13-14,17,20,22-23,32H,8-12,15H2,1-7H3,(H,30,35)/t17?,20-,22-,23?. The zero-order valence-electron chi connectivity index (χ0n) is 22.3. The monoisotopic (exact) mass is 500 g/mol. The second-order valence-corrected chi connectivity index (χ2v) is 10.9. The highest BCUT2D eigenvalue weighted by Gasteiger charge is 2.29. The van der Waals surface area contributed by atoms with E-state index in [1.807, 2.05) is 33.8 Å². The van der Waals surface area contributed by atoms with Gasteiger partial charge in [0.25, 0.3) is 5.91 Å². The Balaban J connectivity index is 1.70. The number of hydrogen-bond acceptors (Lipinski definition) is 5. The van der Waals surface area contributed by atoms with Gasteiger partial charge < -0.3 is 15.5 Å². The molecule has 1 aliphatic heterocycles. The van der Waals surface area contributed by atoms with Gasteiger partial charge in [0.2, 0.25) is 0 Å². The van der Waals surface area contributed by atoms with Crippen molar-refractivity contribution >= 4 is 34.7 Å². The number of nitrogens with one attached hydrogen (secondary N) is 2. The lowest BCUT2D eigenvalue weighted by Gasteiger charge is -2.36. The highest BCUT2D eigenvalue weighted by atomic mass is 35.5. The molecule has 2 atom stereocenters. The van der Waals surface area contributed by atoms with Gasteiger partial charge in [-0.1, -0.05) is 18.5 Å². The third-order valence-electron chi connectivity index (χ3n) is 7.91. The molecule has 1 aromatic rings. The van der Waals surface area contributed by atoms with Crippen LogP contribution in [0.1, 0.15) is 75.7 Å². The van der Waals surface area contributed by atoms with Gasteiger partial charge in [-0.05, 0) is 97.5 Å². The molecule has 0 bridgehead atoms. The Morgan fingerprint density at radius 1 is 1.17 bits per heavy atom. The van der Waals surface area contributed by atoms with Gasteiger partial charge in [-0.25, -0.2) is 0 Å². The molecule has 3 rings (SSSR count). The first-order chi connectivity index (χ1) is 16.5. The zero-order chi connectivity index (χ0) is 25.9. The number of anilines is 1. The number of Topliss-reactive ketones (excluding diaryl/α,β-unsaturated/α-hetero) is 1. The Morgan fingerprint density at radius 2 is 1.83 bits per heavy atom. The largest absolute Gasteiger partial charge is 0.382 e. The van der Waals surface area contributed by atoms with Gasteiger partial charge in [-0.15, -0.1) is 0 Å². The first-order valence-electron chi connectivity index (χ1n) is 12.8. The molecule has 1 fully saturated rings. The van der Waals surface area contributed by atoms with E-state index in [1.54, 1.807) is 6.07 Å². The van der Waals surface area contributed by atoms with Crippen LogP contribution < -0.4 is 10.6 Å². The zero-order valence-corrected chi connectivity index (χ0v) is 23.1. The third-order valence-corrected chi connectivity index (χ3v) is 8.13. The maximum atomic E-state index is 13.2. The van der Waals surface area contributed by atoms with Crippen molar-refractivity contribution in [1.29, 1.82) is 0 Å². The summed E-state index contributed by atoms with van der Waals surface area (Å²) in [6.07, 6.45) is 5.50. The van der Waals surface area contributed by atoms with E-state index in [0.717, 1.165) is 17.0 Å². The van der Waals surface area contributed by atoms with Crippen LogP contribution in [-0.2, 0) is 4.79 Å². The molecule has 1 aliphatic carbocycles. The molecule has 2 N–H and O–H groups in total. The molecule has 35 heavy (non-hydrogen) atoms. The van der Waals surface area contributed by atoms with Crippen LogP contribution in [-0.4, -0.2) is 55.0 Å². The number of nitrogens with zero attached hydrogens (tertiary/aromatic N) is 2. The van der Waals surface area contributed by atoms with Gasteiger partial charge in [-0.3, -0.25) is 14.6 Å². The second-order valence-electron chi connectivity index (χ2n) is 10.4. The number of aliphatic imine (C=N–C) groups is 1. The Hall–Kier alpha value is -2.18. The van der Waals surface area contributed by atoms with Crippen LogP contribution in [0.5, 0.6) is 0 Å². The van der Waals surface area contributed by atoms with Crippen LogP contribution in [0, 0.1) is 18.8 Å². The highest BCUT2D eigenvalue weighted by Crippen LogP contribution is 2.32. The first kappa shape index (κ1) is 27.4. The van der Waals surface area contributed by atoms with Crippen molar-refractivity contribution in [3.8, 4) is 0 Å². The van der Waals surface area contributed by atoms with Crippen LogP contribution in [0.15, 0.2) is 28.4 Å². The number of amides is 1. The molecule has 1 amide bonds. The predicted molar refractivity (Wildman–Crippen MR) is 146 cm³/mol. The van der Waals surface area contributed by atoms with E-state index in [1.165, 1.54) is 25.7 Å². The molecule has 6 nitrogen and oxygen atoms in total. The normalized spacial score (nSPS) is 23.9. The van der Waals surface area contributed by atoms with Crippen molar-refractivity contribution in [2.45, 2.75) is 78.8 Å². The van der Waals surface area contributed by atoms with Gasteiger partial charge in [0.05, 0.1) is 5.92 Å². The van der Waals surface area contributed by atoms with Crippen LogP contribution in [0.25, 0.3) is 0 Å². The quantitative estimate of drug-likeness (QED) is 0.484. The number of carbonyl (C=O) groups excluding carboxylic acids is 2. The van der Waals surface area contributed by atoms with Crippen LogP contribution in [0.4, 0.5) is 5.69 Å². The fourth-order valence-corrected chi connectivity index (χ4v) is 5.71. The predicted octanol–water partition coefficient (Wildman–Crippen LogP) is 5.64. The molecule has 2 unspecified atom stereocenters. The van der Waals surface area contributed by atoms with Crippen molar-refractivity contribution in [2.24, 2.45) is 16.8 Å². The van der Waals surface area contributed by atoms with E-state index >= 15 is 0 Å². The highest BCUT2D eigenvalue weighted by molar-refractivity contribution is 6.31. The van der Waals surface area contributed by atoms with Crippen molar-refractivity contribution < 1.29 is 9.59 Å². The minimum Gasteiger partial charge on any atom is -0.382 e. The molecular formula is C28H41ClN4O2. The summed E-state index contributed by atoms with van der Waals surface area (Å²) in [7, 11) is 4.32. The molecular weight excluding hydrogens is 460 g/mol. The van der Waals surface area contributed by atoms with Crippen LogP contribution >= 0.6 is 11.6 Å². The number of allylic oxidation sites excluding steroid dienone is 1. The van der Waals surface area contributed by atoms with Crippen molar-refractivity contribution in [3.05, 3.63) is 39.6 Å². The average molecular weight is 501 g/mol. The van der Waals surface area contributed by atoms with Gasteiger partial charge in [0.15, 0.2) is 5.78 Å². The van der Waals surface area contributed by atoms with Crippen LogP contribution in [0.3, 0.4) is 0 Å². The number of rotatable bonds is 8. The van der Waals surface area contributed by atoms with Crippen molar-refractivity contribution in [3.63, 3.8) is 0 Å². The summed E-state index contributed by atoms with van der Waals surface area (Å²) < 4.78 is 0. The number of benzene rings is 1. The van der Waals surface area contributed by atoms with E-state index in [9.17, 15) is 9.59 Å². The lowest BCUT2D eigenvalue weighted by atomic mass is 9.81. The first-order valence-corrected chi connectivity index (χ1v) is 13.2. The summed E-state index contributed by atoms with van der Waals surface area (Å²) in [4.78, 5) is 32.9. The third kappa shape index (κ3) is 6.34. The number of hydrogen-bond donors (Lipinski definition) is 2. The number of ketones is 1. The topological polar surface area (TPSA) is 73.8 Å². The molecule has 1 saturated carbocycles. The summed E-state index contributed by atoms with van der Waals surface area (Å²) in [6.45, 7) is 10.0. The average Bonchev–Trinajstić information content (AvgIpc) is 2.80. The Bertz CT molecular complexity index is 1020. The Morgan fingerprint density at radius 3 is 2.43 bits per heavy atom. The number of carbonyl (C=O) groups is 2. The molecule has 1 aromatic carbocycles. The van der Waals surface area contributed by atoms with Gasteiger partial charge in [0.1, 0.15) is 0 Å². The summed E-state index contributed by atoms with van der Waals surface area (Å²) in [5, 5.41) is 7.09. The van der Waals surface area contributed by atoms with Gasteiger partial charge >= 0.3 is 0 Å². The van der Waals surface area contributed by atoms with E-state index in [0.29, 0.717) is 40.2 Å². The summed E-state index contributed by atoms with van der Waals surface area (Å²) in [6, 6.07) is 4.55. The minimum absolute atomic E-state index is 0.0563. The molecule has 0 aromatic heterocycles. The molecule has 2 aliphatic rings. The van der Waals surface area contributed by atoms with Crippen LogP contribution in [0.2, 0.25) is 5.02 Å². The Kier molecular flexibility index (Phi) is 9.16. The Labute approximate surface area is 215 Å². The second kappa shape index (κ2) is 11.7. The van der Waals surface area contributed by atoms with Gasteiger partial charge in [-0.2, -0.15) is 0 Å². The molecule has 0 radical (unpaired) electrons. The smallest absolute Gasteiger partial charge is 0.251 e. The van der Waals surface area contributed by atoms with E-state index < -0.39 is 0 Å². The van der Waals surface area contributed by atoms with Crippen molar-refractivity contribution in [2.75, 3.05) is 26.0 Å². The molecule has 0 saturated heterocycles. The minimum atomic E-state index is -0.236. The maximum absolute atomic E-state index is 13.2. The summed E-state index contributed by atoms with van der Waals surface area (Å²) in [5.74, 6) is 0.202. The van der Waals surface area contributed by atoms with E-state index in [-0.39, 0.29) is 30.2 Å². The van der Waals surface area contributed by atoms with E-state index in [4.69, 9.17) is 11.6 Å². The van der Waals surface area contributed by atoms with Crippen molar-refractivity contribution in [1.82, 2.24) is 10.2 Å². The lowest BCUT2D eigenvalue weighted by molar-refractivity contribution is -0.117. The number of halogens is 1. The fourth-order valence-electron chi connectivity index (χ4n) is 5.49. The molecule has 192 valence electrons. The van der Waals surface area contributed by atoms with E-state index in [2.05, 4.69) is 41.5 Å². The molecule has 0 spiro atoms. The molecule has 7 heteroatoms. The maximum Gasteiger partial charge on any atom is 0.251 e. The lowest BCUT2D eigenvalue weighted by Crippen LogP contribution is -2.37.